The quantitative estimate of drug-likeness (QED) is 0.840. The summed E-state index contributed by atoms with van der Waals surface area (Å²) in [6.07, 6.45) is 5.09. The topological polar surface area (TPSA) is 56.3 Å². The first-order valence-corrected chi connectivity index (χ1v) is 6.71. The van der Waals surface area contributed by atoms with Crippen molar-refractivity contribution in [2.45, 2.75) is 20.4 Å². The molecule has 2 aromatic rings. The molecule has 0 saturated carbocycles. The van der Waals surface area contributed by atoms with E-state index >= 15 is 0 Å². The Labute approximate surface area is 119 Å². The molecule has 0 aliphatic rings. The summed E-state index contributed by atoms with van der Waals surface area (Å²) in [5.74, 6) is 1.63. The number of rotatable bonds is 7. The molecule has 0 bridgehead atoms. The van der Waals surface area contributed by atoms with Crippen LogP contribution in [0.1, 0.15) is 19.4 Å². The molecule has 1 aromatic carbocycles. The molecule has 0 radical (unpaired) electrons. The summed E-state index contributed by atoms with van der Waals surface area (Å²) in [6, 6.07) is 5.77. The van der Waals surface area contributed by atoms with Crippen LogP contribution in [0.3, 0.4) is 0 Å². The Hall–Kier alpha value is -2.30. The number of anilines is 1. The second-order valence-corrected chi connectivity index (χ2v) is 4.12. The molecule has 20 heavy (non-hydrogen) atoms. The van der Waals surface area contributed by atoms with Gasteiger partial charge in [-0.3, -0.25) is 0 Å². The van der Waals surface area contributed by atoms with E-state index in [0.29, 0.717) is 19.8 Å². The Morgan fingerprint density at radius 1 is 1.05 bits per heavy atom. The highest BCUT2D eigenvalue weighted by Crippen LogP contribution is 2.29. The molecule has 0 unspecified atom stereocenters. The highest BCUT2D eigenvalue weighted by Gasteiger charge is 2.06. The van der Waals surface area contributed by atoms with Gasteiger partial charge in [0.15, 0.2) is 0 Å². The molecule has 0 aliphatic heterocycles. The standard InChI is InChI=1S/C15H19N3O2/c1-3-19-13-5-6-15(20-4-2)14(7-13)18-10-12-8-16-11-17-9-12/h5-9,11,18H,3-4,10H2,1-2H3. The lowest BCUT2D eigenvalue weighted by Gasteiger charge is -2.14. The van der Waals surface area contributed by atoms with E-state index in [1.54, 1.807) is 12.4 Å². The predicted octanol–water partition coefficient (Wildman–Crippen LogP) is 2.89. The SMILES string of the molecule is CCOc1ccc(OCC)c(NCc2cncnc2)c1. The second-order valence-electron chi connectivity index (χ2n) is 4.12. The van der Waals surface area contributed by atoms with Crippen molar-refractivity contribution < 1.29 is 9.47 Å². The summed E-state index contributed by atoms with van der Waals surface area (Å²) >= 11 is 0. The Balaban J connectivity index is 2.12. The molecule has 5 nitrogen and oxygen atoms in total. The number of ether oxygens (including phenoxy) is 2. The number of nitrogens with one attached hydrogen (secondary N) is 1. The summed E-state index contributed by atoms with van der Waals surface area (Å²) in [6.45, 7) is 5.82. The predicted molar refractivity (Wildman–Crippen MR) is 78.1 cm³/mol. The summed E-state index contributed by atoms with van der Waals surface area (Å²) in [4.78, 5) is 7.99. The number of hydrogen-bond acceptors (Lipinski definition) is 5. The molecule has 0 aliphatic carbocycles. The van der Waals surface area contributed by atoms with E-state index in [4.69, 9.17) is 9.47 Å². The maximum absolute atomic E-state index is 5.61. The maximum atomic E-state index is 5.61. The average molecular weight is 273 g/mol. The summed E-state index contributed by atoms with van der Waals surface area (Å²) in [5.41, 5.74) is 1.92. The van der Waals surface area contributed by atoms with Gasteiger partial charge in [0, 0.05) is 30.6 Å². The van der Waals surface area contributed by atoms with Gasteiger partial charge in [0.2, 0.25) is 0 Å². The third kappa shape index (κ3) is 3.85. The fourth-order valence-corrected chi connectivity index (χ4v) is 1.80. The van der Waals surface area contributed by atoms with Crippen molar-refractivity contribution in [3.63, 3.8) is 0 Å². The van der Waals surface area contributed by atoms with Gasteiger partial charge in [0.05, 0.1) is 18.9 Å². The molecule has 106 valence electrons. The van der Waals surface area contributed by atoms with Crippen LogP contribution in [0, 0.1) is 0 Å². The van der Waals surface area contributed by atoms with Gasteiger partial charge in [-0.05, 0) is 26.0 Å². The first-order valence-electron chi connectivity index (χ1n) is 6.71. The molecular weight excluding hydrogens is 254 g/mol. The van der Waals surface area contributed by atoms with Crippen molar-refractivity contribution in [1.82, 2.24) is 9.97 Å². The number of hydrogen-bond donors (Lipinski definition) is 1. The van der Waals surface area contributed by atoms with Crippen LogP contribution in [-0.2, 0) is 6.54 Å². The lowest BCUT2D eigenvalue weighted by molar-refractivity contribution is 0.332. The fourth-order valence-electron chi connectivity index (χ4n) is 1.80. The van der Waals surface area contributed by atoms with E-state index in [-0.39, 0.29) is 0 Å². The lowest BCUT2D eigenvalue weighted by atomic mass is 10.2. The summed E-state index contributed by atoms with van der Waals surface area (Å²) in [7, 11) is 0. The molecular formula is C15H19N3O2. The number of aromatic nitrogens is 2. The highest BCUT2D eigenvalue weighted by molar-refractivity contribution is 5.59. The number of nitrogens with zero attached hydrogens (tertiary/aromatic N) is 2. The van der Waals surface area contributed by atoms with Gasteiger partial charge >= 0.3 is 0 Å². The van der Waals surface area contributed by atoms with E-state index in [1.165, 1.54) is 6.33 Å². The van der Waals surface area contributed by atoms with Crippen LogP contribution in [0.2, 0.25) is 0 Å². The van der Waals surface area contributed by atoms with Crippen molar-refractivity contribution >= 4 is 5.69 Å². The largest absolute Gasteiger partial charge is 0.494 e. The Kier molecular flexibility index (Phi) is 5.17. The van der Waals surface area contributed by atoms with Gasteiger partial charge in [-0.25, -0.2) is 9.97 Å². The summed E-state index contributed by atoms with van der Waals surface area (Å²) in [5, 5.41) is 3.33. The third-order valence-electron chi connectivity index (χ3n) is 2.66. The van der Waals surface area contributed by atoms with Crippen molar-refractivity contribution in [1.29, 1.82) is 0 Å². The zero-order chi connectivity index (χ0) is 14.2. The van der Waals surface area contributed by atoms with E-state index in [2.05, 4.69) is 15.3 Å². The van der Waals surface area contributed by atoms with Crippen LogP contribution in [-0.4, -0.2) is 23.2 Å². The Bertz CT molecular complexity index is 532. The van der Waals surface area contributed by atoms with Crippen LogP contribution in [0.25, 0.3) is 0 Å². The minimum atomic E-state index is 0.622. The monoisotopic (exact) mass is 273 g/mol. The third-order valence-corrected chi connectivity index (χ3v) is 2.66. The van der Waals surface area contributed by atoms with Crippen LogP contribution in [0.5, 0.6) is 11.5 Å². The van der Waals surface area contributed by atoms with Crippen molar-refractivity contribution in [2.24, 2.45) is 0 Å². The molecule has 5 heteroatoms. The van der Waals surface area contributed by atoms with Crippen LogP contribution < -0.4 is 14.8 Å². The van der Waals surface area contributed by atoms with Gasteiger partial charge in [-0.2, -0.15) is 0 Å². The molecule has 0 fully saturated rings. The van der Waals surface area contributed by atoms with E-state index in [0.717, 1.165) is 22.7 Å². The van der Waals surface area contributed by atoms with Gasteiger partial charge in [-0.1, -0.05) is 0 Å². The van der Waals surface area contributed by atoms with Gasteiger partial charge in [-0.15, -0.1) is 0 Å². The van der Waals surface area contributed by atoms with Gasteiger partial charge in [0.1, 0.15) is 17.8 Å². The zero-order valence-electron chi connectivity index (χ0n) is 11.8. The first-order chi connectivity index (χ1) is 9.83. The first kappa shape index (κ1) is 14.1. The molecule has 1 aromatic heterocycles. The summed E-state index contributed by atoms with van der Waals surface area (Å²) < 4.78 is 11.1. The van der Waals surface area contributed by atoms with Gasteiger partial charge < -0.3 is 14.8 Å². The van der Waals surface area contributed by atoms with Crippen molar-refractivity contribution in [2.75, 3.05) is 18.5 Å². The number of benzene rings is 1. The molecule has 2 rings (SSSR count). The molecule has 0 saturated heterocycles. The van der Waals surface area contributed by atoms with Crippen LogP contribution in [0.4, 0.5) is 5.69 Å². The Morgan fingerprint density at radius 3 is 2.50 bits per heavy atom. The molecule has 1 heterocycles. The second kappa shape index (κ2) is 7.33. The average Bonchev–Trinajstić information content (AvgIpc) is 2.49. The highest BCUT2D eigenvalue weighted by atomic mass is 16.5. The minimum Gasteiger partial charge on any atom is -0.494 e. The van der Waals surface area contributed by atoms with E-state index in [1.807, 2.05) is 32.0 Å². The fraction of sp³-hybridized carbons (Fsp3) is 0.333. The maximum Gasteiger partial charge on any atom is 0.142 e. The Morgan fingerprint density at radius 2 is 1.80 bits per heavy atom. The molecule has 0 atom stereocenters. The smallest absolute Gasteiger partial charge is 0.142 e. The van der Waals surface area contributed by atoms with Gasteiger partial charge in [0.25, 0.3) is 0 Å². The van der Waals surface area contributed by atoms with Crippen LogP contribution in [0.15, 0.2) is 36.9 Å². The van der Waals surface area contributed by atoms with Crippen molar-refractivity contribution in [3.05, 3.63) is 42.5 Å². The van der Waals surface area contributed by atoms with Crippen LogP contribution >= 0.6 is 0 Å². The minimum absolute atomic E-state index is 0.622. The molecule has 0 amide bonds. The van der Waals surface area contributed by atoms with E-state index < -0.39 is 0 Å². The van der Waals surface area contributed by atoms with Crippen molar-refractivity contribution in [3.8, 4) is 11.5 Å². The van der Waals surface area contributed by atoms with E-state index in [9.17, 15) is 0 Å². The molecule has 0 spiro atoms. The lowest BCUT2D eigenvalue weighted by Crippen LogP contribution is -2.04. The molecule has 1 N–H and O–H groups in total. The zero-order valence-corrected chi connectivity index (χ0v) is 11.8. The normalized spacial score (nSPS) is 10.1.